The predicted molar refractivity (Wildman–Crippen MR) is 534 cm³/mol. The lowest BCUT2D eigenvalue weighted by Crippen LogP contribution is -2.57. The molecule has 9 aromatic rings. The summed E-state index contributed by atoms with van der Waals surface area (Å²) in [5.74, 6) is -3.23. The summed E-state index contributed by atoms with van der Waals surface area (Å²) in [7, 11) is 6.23. The molecule has 3 amide bonds. The van der Waals surface area contributed by atoms with E-state index in [4.69, 9.17) is 75.4 Å². The molecular formula is C95H114ClF6N23O7S4. The molecule has 0 spiro atoms. The predicted octanol–water partition coefficient (Wildman–Crippen LogP) is 13.1. The second-order valence-electron chi connectivity index (χ2n) is 35.1. The Bertz CT molecular complexity index is 5890. The van der Waals surface area contributed by atoms with Gasteiger partial charge in [-0.05, 0) is 146 Å². The molecule has 0 aliphatic carbocycles. The highest BCUT2D eigenvalue weighted by atomic mass is 35.5. The van der Waals surface area contributed by atoms with Crippen LogP contribution < -0.4 is 43.6 Å². The van der Waals surface area contributed by atoms with Crippen molar-refractivity contribution in [2.45, 2.75) is 127 Å². The fourth-order valence-corrected chi connectivity index (χ4v) is 20.3. The molecule has 136 heavy (non-hydrogen) atoms. The number of piperazine rings is 3. The minimum absolute atomic E-state index is 0. The summed E-state index contributed by atoms with van der Waals surface area (Å²) in [6.45, 7) is 43.3. The summed E-state index contributed by atoms with van der Waals surface area (Å²) in [5, 5.41) is 22.5. The zero-order valence-electron chi connectivity index (χ0n) is 76.4. The van der Waals surface area contributed by atoms with Crippen molar-refractivity contribution in [2.75, 3.05) is 188 Å². The number of ether oxygens (including phenoxy) is 3. The number of carbonyl (C=O) groups is 3. The van der Waals surface area contributed by atoms with Crippen molar-refractivity contribution in [3.8, 4) is 23.8 Å². The van der Waals surface area contributed by atoms with Gasteiger partial charge in [0.15, 0.2) is 17.5 Å². The number of fused-ring (bicyclic) bond motifs is 6. The minimum atomic E-state index is -4.59. The zero-order chi connectivity index (χ0) is 92.9. The van der Waals surface area contributed by atoms with Crippen LogP contribution in [0, 0.1) is 26.6 Å². The van der Waals surface area contributed by atoms with E-state index in [0.717, 1.165) is 137 Å². The number of aromatic amines is 1. The van der Waals surface area contributed by atoms with Crippen molar-refractivity contribution in [1.82, 2.24) is 69.5 Å². The second kappa shape index (κ2) is 45.2. The normalized spacial score (nSPS) is 20.0. The summed E-state index contributed by atoms with van der Waals surface area (Å²) in [6.07, 6.45) is 4.93. The number of nitrogens with one attached hydrogen (secondary N) is 1. The Morgan fingerprint density at radius 3 is 1.29 bits per heavy atom. The van der Waals surface area contributed by atoms with Crippen LogP contribution in [-0.2, 0) is 59.5 Å². The maximum atomic E-state index is 14.5. The Hall–Kier alpha value is -11.4. The number of benzene rings is 5. The second-order valence-corrected chi connectivity index (χ2v) is 35.5. The zero-order valence-corrected chi connectivity index (χ0v) is 81.1. The number of hydrogen-bond acceptors (Lipinski definition) is 23. The average Bonchev–Trinajstić information content (AvgIpc) is 1.17. The largest absolute Gasteiger partial charge is 0.508 e. The lowest BCUT2D eigenvalue weighted by Gasteiger charge is -2.41. The van der Waals surface area contributed by atoms with E-state index >= 15 is 0 Å². The van der Waals surface area contributed by atoms with Crippen LogP contribution in [0.2, 0.25) is 5.02 Å². The number of rotatable bonds is 21. The van der Waals surface area contributed by atoms with E-state index in [0.29, 0.717) is 143 Å². The molecule has 0 unspecified atom stereocenters. The quantitative estimate of drug-likeness (QED) is 0.0385. The molecule has 9 aliphatic rings. The van der Waals surface area contributed by atoms with Gasteiger partial charge >= 0.3 is 24.2 Å². The number of aryl methyl sites for hydroxylation is 1. The lowest BCUT2D eigenvalue weighted by molar-refractivity contribution is -0.137. The highest BCUT2D eigenvalue weighted by Crippen LogP contribution is 2.47. The van der Waals surface area contributed by atoms with Crippen LogP contribution in [0.4, 0.5) is 60.9 Å². The number of halogens is 7. The van der Waals surface area contributed by atoms with Gasteiger partial charge in [0.25, 0.3) is 17.7 Å². The Morgan fingerprint density at radius 1 is 0.493 bits per heavy atom. The maximum Gasteiger partial charge on any atom is 0.418 e. The van der Waals surface area contributed by atoms with Crippen LogP contribution in [0.15, 0.2) is 122 Å². The van der Waals surface area contributed by atoms with Crippen LogP contribution in [0.5, 0.6) is 23.8 Å². The number of alkyl halides is 3. The van der Waals surface area contributed by atoms with E-state index in [9.17, 15) is 45.8 Å². The first-order valence-electron chi connectivity index (χ1n) is 44.7. The molecule has 2 N–H and O–H groups in total. The summed E-state index contributed by atoms with van der Waals surface area (Å²) in [5.41, 5.74) is 6.99. The molecule has 5 aromatic carbocycles. The third kappa shape index (κ3) is 22.5. The number of phenolic OH excluding ortho intramolecular Hbond substituents is 1. The van der Waals surface area contributed by atoms with Crippen molar-refractivity contribution >= 4 is 150 Å². The Balaban J connectivity index is 0.000000181. The van der Waals surface area contributed by atoms with Crippen LogP contribution >= 0.6 is 65.6 Å². The van der Waals surface area contributed by atoms with Gasteiger partial charge in [-0.2, -0.15) is 102 Å². The molecule has 41 heteroatoms. The van der Waals surface area contributed by atoms with Crippen LogP contribution in [0.3, 0.4) is 0 Å². The van der Waals surface area contributed by atoms with Crippen molar-refractivity contribution in [1.29, 1.82) is 0 Å². The van der Waals surface area contributed by atoms with Gasteiger partial charge in [0.2, 0.25) is 19.6 Å². The SMILES string of the molecule is S.S.S.S.[C-]#[N+]C[C@H]1CN(c2nc(OC[C@@H]3CCCN3C)nc3c2CCN(c2c(C(F)(F)F)c(C)cc4[nH]ncc24)C3)CCN1C(=O)C(=C)F.[C-]#[N+]C[C@H]1CN(c2nc(OC[C@@H]3CCCN3C)nc3c2CCN(c2cc(O)cc4ccccc24)C3)CCN1C(=O)C(=C)F.[C-]#[N+]C[C@H]1CN(c2nc(OC[C@H]3CCCN3C)nc3c2CCN(c2cccc4cccc(Cl)c24)C3)CCN1C(=O)C(=C)F. The molecule has 4 aromatic heterocycles. The maximum absolute atomic E-state index is 14.5. The molecule has 0 radical (unpaired) electrons. The fraction of sp³-hybridized carbons (Fsp3) is 0.463. The number of H-pyrrole nitrogens is 1. The number of phenols is 1. The highest BCUT2D eigenvalue weighted by molar-refractivity contribution is 7.59. The smallest absolute Gasteiger partial charge is 0.418 e. The number of likely N-dealkylation sites (N-methyl/N-ethyl adjacent to an activating group) is 3. The molecule has 6 saturated heterocycles. The summed E-state index contributed by atoms with van der Waals surface area (Å²) >= 11 is 6.68. The molecule has 0 bridgehead atoms. The van der Waals surface area contributed by atoms with E-state index < -0.39 is 65.1 Å². The van der Waals surface area contributed by atoms with Crippen molar-refractivity contribution in [2.24, 2.45) is 0 Å². The number of anilines is 6. The van der Waals surface area contributed by atoms with Gasteiger partial charge in [-0.1, -0.05) is 79.9 Å². The van der Waals surface area contributed by atoms with E-state index in [-0.39, 0.29) is 142 Å². The lowest BCUT2D eigenvalue weighted by atomic mass is 9.98. The number of aromatic hydroxyl groups is 1. The number of likely N-dealkylation sites (tertiary alicyclic amines) is 3. The Kier molecular flexibility index (Phi) is 34.4. The molecular weight excluding hydrogens is 1850 g/mol. The fourth-order valence-electron chi connectivity index (χ4n) is 20.0. The van der Waals surface area contributed by atoms with Crippen molar-refractivity contribution in [3.63, 3.8) is 0 Å². The van der Waals surface area contributed by atoms with Crippen LogP contribution in [0.1, 0.15) is 83.4 Å². The number of amides is 3. The van der Waals surface area contributed by atoms with Gasteiger partial charge in [-0.3, -0.25) is 19.5 Å². The molecule has 30 nitrogen and oxygen atoms in total. The standard InChI is InChI=1S/C32H35ClFN7O2.C32H36FN7O3.C31H35F4N9O2.4H2S/c1-21(34)31(42)41-16-15-40(18-24(41)17-35-2)30-25-12-14-39(28-11-5-8-22-7-4-10-26(33)29(22)28)19-27(25)36-32(37-30)43-20-23-9-6-13-38(23)3;1-21(33)31(42)40-14-13-39(18-24(40)17-34-2)30-27-10-12-38(29-16-25(41)15-22-7-4-5-9-26(22)29)19-28(27)35-32(36-30)43-20-23-8-6-11-37(23)3;1-18-12-24-23(14-37-40-24)27(26(18)31(33,34)35)42-9-7-22-25(16-42)38-30(46-17-20-6-5-8-41(20)4)39-28(22)43-10-11-44(29(45)19(2)32)21(15-43)13-36-3;;;;/h4-5,7-8,10-11,23-24H,1,6,9,12-20H2,3H3;4-5,7,9,15-16,23-24,41H,1,6,8,10-14,17-20H2,3H3;12,14,20-21H,2,5-11,13,15-17H2,1,4H3,(H,37,40);4*1H2/t23-,24+;23-,24-;20-,21-;;;;/m100..../s1. The minimum Gasteiger partial charge on any atom is -0.508 e. The summed E-state index contributed by atoms with van der Waals surface area (Å²) < 4.78 is 104. The number of nitrogens with zero attached hydrogens (tertiary/aromatic N) is 22. The average molecular weight is 1970 g/mol. The topological polar surface area (TPSA) is 257 Å². The first kappa shape index (κ1) is 104. The summed E-state index contributed by atoms with van der Waals surface area (Å²) in [4.78, 5) is 100. The molecule has 18 rings (SSSR count). The Morgan fingerprint density at radius 2 is 0.890 bits per heavy atom. The van der Waals surface area contributed by atoms with Crippen LogP contribution in [-0.4, -0.2) is 287 Å². The Labute approximate surface area is 819 Å². The number of aromatic nitrogens is 8. The first-order valence-corrected chi connectivity index (χ1v) is 45.1. The van der Waals surface area contributed by atoms with Crippen LogP contribution in [0.25, 0.3) is 47.0 Å². The van der Waals surface area contributed by atoms with Gasteiger partial charge in [0.05, 0.1) is 64.7 Å². The van der Waals surface area contributed by atoms with E-state index in [1.54, 1.807) is 17.0 Å². The molecule has 6 atom stereocenters. The van der Waals surface area contributed by atoms with Gasteiger partial charge in [-0.25, -0.2) is 32.9 Å². The number of hydrogen-bond donors (Lipinski definition) is 2. The third-order valence-electron chi connectivity index (χ3n) is 26.9. The third-order valence-corrected chi connectivity index (χ3v) is 27.2. The van der Waals surface area contributed by atoms with E-state index in [1.165, 1.54) is 33.9 Å². The molecule has 0 saturated carbocycles. The molecule has 6 fully saturated rings. The van der Waals surface area contributed by atoms with Gasteiger partial charge < -0.3 is 92.7 Å². The number of carbonyl (C=O) groups excluding carboxylic acids is 3. The highest BCUT2D eigenvalue weighted by Gasteiger charge is 2.44. The molecule has 9 aliphatic heterocycles. The van der Waals surface area contributed by atoms with Crippen molar-refractivity contribution < 1.29 is 60.0 Å². The van der Waals surface area contributed by atoms with Gasteiger partial charge in [0, 0.05) is 147 Å². The summed E-state index contributed by atoms with van der Waals surface area (Å²) in [6, 6.07) is 25.1. The van der Waals surface area contributed by atoms with Crippen molar-refractivity contribution in [3.05, 3.63) is 206 Å². The van der Waals surface area contributed by atoms with E-state index in [1.807, 2.05) is 48.3 Å². The van der Waals surface area contributed by atoms with Gasteiger partial charge in [0.1, 0.15) is 61.1 Å². The van der Waals surface area contributed by atoms with E-state index in [2.05, 4.69) is 117 Å². The monoisotopic (exact) mass is 1970 g/mol. The molecule has 724 valence electrons. The molecule has 13 heterocycles. The first-order chi connectivity index (χ1) is 63.6. The van der Waals surface area contributed by atoms with Gasteiger partial charge in [-0.15, -0.1) is 0 Å².